The first-order valence-corrected chi connectivity index (χ1v) is 10.8. The Balaban J connectivity index is 1.34. The lowest BCUT2D eigenvalue weighted by Gasteiger charge is -2.27. The van der Waals surface area contributed by atoms with Crippen LogP contribution in [0, 0.1) is 5.82 Å². The Morgan fingerprint density at radius 1 is 1.16 bits per heavy atom. The summed E-state index contributed by atoms with van der Waals surface area (Å²) >= 11 is 1.51. The molecule has 0 saturated carbocycles. The van der Waals surface area contributed by atoms with Crippen LogP contribution in [0.15, 0.2) is 42.5 Å². The van der Waals surface area contributed by atoms with Crippen molar-refractivity contribution in [2.24, 2.45) is 0 Å². The van der Waals surface area contributed by atoms with Crippen LogP contribution in [0.2, 0.25) is 0 Å². The number of hydrogen-bond donors (Lipinski definition) is 1. The molecule has 2 aromatic heterocycles. The number of carbonyl (C=O) groups is 1. The molecule has 10 heteroatoms. The Hall–Kier alpha value is -3.66. The van der Waals surface area contributed by atoms with E-state index in [0.717, 1.165) is 21.1 Å². The van der Waals surface area contributed by atoms with Crippen molar-refractivity contribution in [3.63, 3.8) is 0 Å². The van der Waals surface area contributed by atoms with Gasteiger partial charge in [-0.3, -0.25) is 0 Å². The van der Waals surface area contributed by atoms with E-state index in [1.165, 1.54) is 23.5 Å². The molecule has 0 fully saturated rings. The first kappa shape index (κ1) is 20.3. The van der Waals surface area contributed by atoms with Crippen molar-refractivity contribution in [3.05, 3.63) is 58.9 Å². The summed E-state index contributed by atoms with van der Waals surface area (Å²) in [4.78, 5) is 21.0. The molecule has 2 aromatic carbocycles. The third-order valence-electron chi connectivity index (χ3n) is 5.36. The van der Waals surface area contributed by atoms with Crippen LogP contribution in [0.3, 0.4) is 0 Å². The van der Waals surface area contributed by atoms with Gasteiger partial charge in [-0.2, -0.15) is 4.98 Å². The predicted molar refractivity (Wildman–Crippen MR) is 119 cm³/mol. The summed E-state index contributed by atoms with van der Waals surface area (Å²) in [5.74, 6) is 1.45. The Morgan fingerprint density at radius 3 is 2.72 bits per heavy atom. The molecule has 0 unspecified atom stereocenters. The van der Waals surface area contributed by atoms with E-state index in [1.54, 1.807) is 49.5 Å². The topological polar surface area (TPSA) is 81.0 Å². The molecule has 8 nitrogen and oxygen atoms in total. The van der Waals surface area contributed by atoms with Gasteiger partial charge in [0.1, 0.15) is 17.3 Å². The number of nitrogens with one attached hydrogen (secondary N) is 1. The molecule has 1 N–H and O–H groups in total. The molecule has 164 valence electrons. The van der Waals surface area contributed by atoms with E-state index in [9.17, 15) is 9.18 Å². The second-order valence-electron chi connectivity index (χ2n) is 7.28. The maximum Gasteiger partial charge on any atom is 0.322 e. The molecule has 0 aliphatic carbocycles. The zero-order chi connectivity index (χ0) is 22.2. The number of urea groups is 1. The third-order valence-corrected chi connectivity index (χ3v) is 6.42. The van der Waals surface area contributed by atoms with Crippen LogP contribution >= 0.6 is 11.3 Å². The molecule has 0 radical (unpaired) electrons. The minimum atomic E-state index is -0.294. The number of ether oxygens (including phenoxy) is 2. The SMILES string of the molecule is COc1ccc(NC(=O)N2CCc3c(sc4nc(-c5ccc(F)cc5)nn34)C2)c(OC)c1. The van der Waals surface area contributed by atoms with Crippen LogP contribution in [-0.4, -0.2) is 46.3 Å². The minimum Gasteiger partial charge on any atom is -0.497 e. The second kappa shape index (κ2) is 8.12. The van der Waals surface area contributed by atoms with Gasteiger partial charge in [-0.25, -0.2) is 13.7 Å². The number of anilines is 1. The smallest absolute Gasteiger partial charge is 0.322 e. The van der Waals surface area contributed by atoms with Gasteiger partial charge in [0.2, 0.25) is 4.96 Å². The first-order valence-electron chi connectivity index (χ1n) is 9.97. The van der Waals surface area contributed by atoms with Gasteiger partial charge in [0, 0.05) is 29.5 Å². The molecule has 4 aromatic rings. The Kier molecular flexibility index (Phi) is 5.14. The predicted octanol–water partition coefficient (Wildman–Crippen LogP) is 4.20. The number of carbonyl (C=O) groups excluding carboxylic acids is 1. The number of benzene rings is 2. The standard InChI is InChI=1S/C22H20FN5O3S/c1-30-15-7-8-16(18(11-15)31-2)24-21(29)27-10-9-17-19(12-27)32-22-25-20(26-28(17)22)13-3-5-14(23)6-4-13/h3-8,11H,9-10,12H2,1-2H3,(H,24,29). The zero-order valence-electron chi connectivity index (χ0n) is 17.5. The summed E-state index contributed by atoms with van der Waals surface area (Å²) < 4.78 is 25.6. The maximum atomic E-state index is 13.2. The number of fused-ring (bicyclic) bond motifs is 3. The molecule has 1 aliphatic heterocycles. The number of rotatable bonds is 4. The third kappa shape index (κ3) is 3.62. The Morgan fingerprint density at radius 2 is 1.97 bits per heavy atom. The zero-order valence-corrected chi connectivity index (χ0v) is 18.3. The largest absolute Gasteiger partial charge is 0.497 e. The van der Waals surface area contributed by atoms with Gasteiger partial charge in [-0.1, -0.05) is 11.3 Å². The molecule has 0 atom stereocenters. The molecular weight excluding hydrogens is 433 g/mol. The molecule has 0 bridgehead atoms. The quantitative estimate of drug-likeness (QED) is 0.501. The number of aromatic nitrogens is 3. The average Bonchev–Trinajstić information content (AvgIpc) is 3.37. The van der Waals surface area contributed by atoms with Crippen molar-refractivity contribution in [1.82, 2.24) is 19.5 Å². The van der Waals surface area contributed by atoms with Crippen LogP contribution in [0.25, 0.3) is 16.3 Å². The van der Waals surface area contributed by atoms with Crippen LogP contribution in [0.1, 0.15) is 10.6 Å². The number of nitrogens with zero attached hydrogens (tertiary/aromatic N) is 4. The fourth-order valence-electron chi connectivity index (χ4n) is 3.68. The van der Waals surface area contributed by atoms with Crippen molar-refractivity contribution in [1.29, 1.82) is 0 Å². The number of methoxy groups -OCH3 is 2. The highest BCUT2D eigenvalue weighted by Gasteiger charge is 2.27. The normalized spacial score (nSPS) is 13.2. The summed E-state index contributed by atoms with van der Waals surface area (Å²) in [6.07, 6.45) is 0.661. The van der Waals surface area contributed by atoms with E-state index in [1.807, 2.05) is 4.52 Å². The fraction of sp³-hybridized carbons (Fsp3) is 0.227. The van der Waals surface area contributed by atoms with Crippen molar-refractivity contribution in [2.45, 2.75) is 13.0 Å². The molecule has 32 heavy (non-hydrogen) atoms. The lowest BCUT2D eigenvalue weighted by Crippen LogP contribution is -2.38. The van der Waals surface area contributed by atoms with Crippen molar-refractivity contribution >= 4 is 28.0 Å². The van der Waals surface area contributed by atoms with E-state index >= 15 is 0 Å². The van der Waals surface area contributed by atoms with E-state index in [-0.39, 0.29) is 11.8 Å². The summed E-state index contributed by atoms with van der Waals surface area (Å²) in [5, 5.41) is 7.53. The molecule has 5 rings (SSSR count). The van der Waals surface area contributed by atoms with Crippen molar-refractivity contribution < 1.29 is 18.7 Å². The Labute approximate surface area is 187 Å². The molecule has 2 amide bonds. The molecule has 0 spiro atoms. The number of amides is 2. The second-order valence-corrected chi connectivity index (χ2v) is 8.34. The number of thiazole rings is 1. The van der Waals surface area contributed by atoms with E-state index < -0.39 is 0 Å². The summed E-state index contributed by atoms with van der Waals surface area (Å²) in [6, 6.07) is 11.2. The van der Waals surface area contributed by atoms with Crippen molar-refractivity contribution in [3.8, 4) is 22.9 Å². The van der Waals surface area contributed by atoms with E-state index in [4.69, 9.17) is 9.47 Å². The van der Waals surface area contributed by atoms with Crippen LogP contribution in [-0.2, 0) is 13.0 Å². The summed E-state index contributed by atoms with van der Waals surface area (Å²) in [6.45, 7) is 1.02. The highest BCUT2D eigenvalue weighted by molar-refractivity contribution is 7.17. The lowest BCUT2D eigenvalue weighted by atomic mass is 10.2. The van der Waals surface area contributed by atoms with Gasteiger partial charge in [0.15, 0.2) is 5.82 Å². The van der Waals surface area contributed by atoms with E-state index in [2.05, 4.69) is 15.4 Å². The number of halogens is 1. The minimum absolute atomic E-state index is 0.204. The van der Waals surface area contributed by atoms with E-state index in [0.29, 0.717) is 42.5 Å². The van der Waals surface area contributed by atoms with Gasteiger partial charge >= 0.3 is 6.03 Å². The van der Waals surface area contributed by atoms with Crippen molar-refractivity contribution in [2.75, 3.05) is 26.1 Å². The van der Waals surface area contributed by atoms with Gasteiger partial charge in [0.25, 0.3) is 0 Å². The molecule has 0 saturated heterocycles. The maximum absolute atomic E-state index is 13.2. The molecule has 3 heterocycles. The molecular formula is C22H20FN5O3S. The highest BCUT2D eigenvalue weighted by atomic mass is 32.1. The van der Waals surface area contributed by atoms with Crippen LogP contribution in [0.4, 0.5) is 14.9 Å². The Bertz CT molecular complexity index is 1300. The summed E-state index contributed by atoms with van der Waals surface area (Å²) in [5.41, 5.74) is 2.40. The van der Waals surface area contributed by atoms with Gasteiger partial charge < -0.3 is 19.7 Å². The fourth-order valence-corrected chi connectivity index (χ4v) is 4.80. The average molecular weight is 453 g/mol. The van der Waals surface area contributed by atoms with Gasteiger partial charge in [-0.15, -0.1) is 5.10 Å². The summed E-state index contributed by atoms with van der Waals surface area (Å²) in [7, 11) is 3.12. The molecule has 1 aliphatic rings. The van der Waals surface area contributed by atoms with Crippen LogP contribution in [0.5, 0.6) is 11.5 Å². The monoisotopic (exact) mass is 453 g/mol. The number of hydrogen-bond acceptors (Lipinski definition) is 6. The van der Waals surface area contributed by atoms with Crippen LogP contribution < -0.4 is 14.8 Å². The van der Waals surface area contributed by atoms with Gasteiger partial charge in [-0.05, 0) is 36.4 Å². The van der Waals surface area contributed by atoms with Gasteiger partial charge in [0.05, 0.1) is 32.1 Å². The first-order chi connectivity index (χ1) is 15.6. The lowest BCUT2D eigenvalue weighted by molar-refractivity contribution is 0.206. The highest BCUT2D eigenvalue weighted by Crippen LogP contribution is 2.32.